The molecular weight excluding hydrogens is 416 g/mol. The third kappa shape index (κ3) is 8.29. The minimum Gasteiger partial charge on any atom is -0.384 e. The van der Waals surface area contributed by atoms with Gasteiger partial charge in [0.2, 0.25) is 17.7 Å². The number of nitrogens with zero attached hydrogens (tertiary/aromatic N) is 2. The van der Waals surface area contributed by atoms with Crippen LogP contribution in [0.5, 0.6) is 0 Å². The Morgan fingerprint density at radius 3 is 2.71 bits per heavy atom. The van der Waals surface area contributed by atoms with Gasteiger partial charge in [-0.15, -0.1) is 11.3 Å². The lowest BCUT2D eigenvalue weighted by Crippen LogP contribution is -2.48. The number of nitrogens with one attached hydrogen (secondary N) is 3. The van der Waals surface area contributed by atoms with Crippen molar-refractivity contribution in [1.29, 1.82) is 5.41 Å². The van der Waals surface area contributed by atoms with Crippen LogP contribution in [0.25, 0.3) is 0 Å². The van der Waals surface area contributed by atoms with Crippen molar-refractivity contribution in [1.82, 2.24) is 20.4 Å². The summed E-state index contributed by atoms with van der Waals surface area (Å²) < 4.78 is 0. The van der Waals surface area contributed by atoms with Gasteiger partial charge < -0.3 is 26.2 Å². The Labute approximate surface area is 187 Å². The molecule has 1 aliphatic heterocycles. The number of unbranched alkanes of at least 4 members (excludes halogenated alkanes) is 2. The highest BCUT2D eigenvalue weighted by molar-refractivity contribution is 7.10. The van der Waals surface area contributed by atoms with Crippen molar-refractivity contribution in [3.05, 3.63) is 21.9 Å². The van der Waals surface area contributed by atoms with Gasteiger partial charge in [0, 0.05) is 28.8 Å². The fourth-order valence-corrected chi connectivity index (χ4v) is 4.32. The zero-order valence-electron chi connectivity index (χ0n) is 18.4. The second-order valence-corrected chi connectivity index (χ2v) is 9.06. The van der Waals surface area contributed by atoms with Gasteiger partial charge in [0.15, 0.2) is 0 Å². The van der Waals surface area contributed by atoms with Crippen LogP contribution in [0.3, 0.4) is 0 Å². The second kappa shape index (κ2) is 12.4. The van der Waals surface area contributed by atoms with Crippen LogP contribution in [0.1, 0.15) is 49.0 Å². The topological polar surface area (TPSA) is 132 Å². The van der Waals surface area contributed by atoms with Crippen LogP contribution in [0.15, 0.2) is 11.4 Å². The van der Waals surface area contributed by atoms with Gasteiger partial charge >= 0.3 is 0 Å². The van der Waals surface area contributed by atoms with Gasteiger partial charge in [-0.2, -0.15) is 0 Å². The van der Waals surface area contributed by atoms with Crippen LogP contribution in [0.4, 0.5) is 0 Å². The first-order chi connectivity index (χ1) is 14.8. The van der Waals surface area contributed by atoms with E-state index in [0.29, 0.717) is 31.5 Å². The van der Waals surface area contributed by atoms with Gasteiger partial charge in [0.1, 0.15) is 11.9 Å². The Morgan fingerprint density at radius 2 is 2.03 bits per heavy atom. The summed E-state index contributed by atoms with van der Waals surface area (Å²) in [5.74, 6) is -0.557. The van der Waals surface area contributed by atoms with Crippen molar-refractivity contribution < 1.29 is 14.4 Å². The Kier molecular flexibility index (Phi) is 9.93. The minimum atomic E-state index is -0.511. The number of likely N-dealkylation sites (tertiary alicyclic amines) is 1. The summed E-state index contributed by atoms with van der Waals surface area (Å²) in [5, 5.41) is 14.8. The van der Waals surface area contributed by atoms with E-state index in [4.69, 9.17) is 11.1 Å². The summed E-state index contributed by atoms with van der Waals surface area (Å²) in [4.78, 5) is 41.7. The molecule has 0 aliphatic carbocycles. The average molecular weight is 451 g/mol. The van der Waals surface area contributed by atoms with Crippen LogP contribution >= 0.6 is 11.3 Å². The van der Waals surface area contributed by atoms with Crippen LogP contribution < -0.4 is 16.4 Å². The van der Waals surface area contributed by atoms with E-state index in [0.717, 1.165) is 37.1 Å². The van der Waals surface area contributed by atoms with E-state index >= 15 is 0 Å². The predicted octanol–water partition coefficient (Wildman–Crippen LogP) is 0.878. The zero-order valence-corrected chi connectivity index (χ0v) is 19.2. The SMILES string of the molecule is CN(C)CCCCCC(=O)NCC(=O)N1CCC[C@H]1C(=O)NCc1cc(C(=N)N)cs1. The molecule has 10 heteroatoms. The van der Waals surface area contributed by atoms with Gasteiger partial charge in [-0.05, 0) is 52.4 Å². The van der Waals surface area contributed by atoms with E-state index in [1.54, 1.807) is 16.3 Å². The molecule has 1 saturated heterocycles. The van der Waals surface area contributed by atoms with E-state index in [1.165, 1.54) is 11.3 Å². The molecule has 172 valence electrons. The summed E-state index contributed by atoms with van der Waals surface area (Å²) >= 11 is 1.43. The maximum Gasteiger partial charge on any atom is 0.243 e. The molecule has 0 spiro atoms. The number of rotatable bonds is 12. The van der Waals surface area contributed by atoms with E-state index in [2.05, 4.69) is 15.5 Å². The first-order valence-corrected chi connectivity index (χ1v) is 11.6. The normalized spacial score (nSPS) is 15.8. The third-order valence-corrected chi connectivity index (χ3v) is 6.16. The smallest absolute Gasteiger partial charge is 0.243 e. The summed E-state index contributed by atoms with van der Waals surface area (Å²) in [5.41, 5.74) is 6.10. The Bertz CT molecular complexity index is 779. The number of hydrogen-bond donors (Lipinski definition) is 4. The summed E-state index contributed by atoms with van der Waals surface area (Å²) in [6, 6.07) is 1.27. The summed E-state index contributed by atoms with van der Waals surface area (Å²) in [7, 11) is 4.05. The molecule has 0 saturated carbocycles. The van der Waals surface area contributed by atoms with Gasteiger partial charge in [0.25, 0.3) is 0 Å². The van der Waals surface area contributed by atoms with E-state index in [9.17, 15) is 14.4 Å². The van der Waals surface area contributed by atoms with Gasteiger partial charge in [0.05, 0.1) is 13.1 Å². The average Bonchev–Trinajstić information content (AvgIpc) is 3.39. The van der Waals surface area contributed by atoms with Crippen molar-refractivity contribution in [3.63, 3.8) is 0 Å². The van der Waals surface area contributed by atoms with Crippen LogP contribution in [0, 0.1) is 5.41 Å². The second-order valence-electron chi connectivity index (χ2n) is 8.07. The molecule has 3 amide bonds. The highest BCUT2D eigenvalue weighted by Crippen LogP contribution is 2.18. The Balaban J connectivity index is 1.72. The van der Waals surface area contributed by atoms with Crippen molar-refractivity contribution >= 4 is 34.9 Å². The number of thiophene rings is 1. The van der Waals surface area contributed by atoms with Gasteiger partial charge in [-0.3, -0.25) is 19.8 Å². The zero-order chi connectivity index (χ0) is 22.8. The molecule has 31 heavy (non-hydrogen) atoms. The first kappa shape index (κ1) is 24.8. The van der Waals surface area contributed by atoms with Crippen LogP contribution in [-0.2, 0) is 20.9 Å². The highest BCUT2D eigenvalue weighted by atomic mass is 32.1. The molecule has 1 fully saturated rings. The maximum absolute atomic E-state index is 12.6. The lowest BCUT2D eigenvalue weighted by molar-refractivity contribution is -0.138. The molecule has 0 bridgehead atoms. The standard InChI is InChI=1S/C21H34N6O3S/c1-26(2)9-5-3-4-8-18(28)24-13-19(29)27-10-6-7-17(27)21(30)25-12-16-11-15(14-31-16)20(22)23/h11,14,17H,3-10,12-13H2,1-2H3,(H3,22,23)(H,24,28)(H,25,30)/t17-/m0/s1. The first-order valence-electron chi connectivity index (χ1n) is 10.7. The van der Waals surface area contributed by atoms with Crippen molar-refractivity contribution in [2.75, 3.05) is 33.7 Å². The maximum atomic E-state index is 12.6. The molecule has 9 nitrogen and oxygen atoms in total. The summed E-state index contributed by atoms with van der Waals surface area (Å²) in [6.07, 6.45) is 4.61. The van der Waals surface area contributed by atoms with E-state index in [1.807, 2.05) is 14.1 Å². The number of nitrogen functional groups attached to an aromatic ring is 1. The molecule has 0 aromatic carbocycles. The van der Waals surface area contributed by atoms with E-state index in [-0.39, 0.29) is 30.1 Å². The molecule has 2 heterocycles. The van der Waals surface area contributed by atoms with Crippen molar-refractivity contribution in [2.24, 2.45) is 5.73 Å². The number of amidine groups is 1. The highest BCUT2D eigenvalue weighted by Gasteiger charge is 2.33. The molecule has 0 unspecified atom stereocenters. The number of amides is 3. The minimum absolute atomic E-state index is 0.00278. The molecule has 5 N–H and O–H groups in total. The van der Waals surface area contributed by atoms with Crippen LogP contribution in [-0.4, -0.2) is 73.1 Å². The fraction of sp³-hybridized carbons (Fsp3) is 0.619. The van der Waals surface area contributed by atoms with E-state index < -0.39 is 6.04 Å². The van der Waals surface area contributed by atoms with Crippen molar-refractivity contribution in [2.45, 2.75) is 51.1 Å². The predicted molar refractivity (Wildman–Crippen MR) is 122 cm³/mol. The Hall–Kier alpha value is -2.46. The molecule has 1 aliphatic rings. The molecule has 1 aromatic heterocycles. The largest absolute Gasteiger partial charge is 0.384 e. The number of nitrogens with two attached hydrogens (primary N) is 1. The van der Waals surface area contributed by atoms with Gasteiger partial charge in [-0.1, -0.05) is 6.42 Å². The lowest BCUT2D eigenvalue weighted by Gasteiger charge is -2.24. The van der Waals surface area contributed by atoms with Gasteiger partial charge in [-0.25, -0.2) is 0 Å². The molecule has 2 rings (SSSR count). The molecule has 0 radical (unpaired) electrons. The van der Waals surface area contributed by atoms with Crippen LogP contribution in [0.2, 0.25) is 0 Å². The third-order valence-electron chi connectivity index (χ3n) is 5.22. The fourth-order valence-electron chi connectivity index (χ4n) is 3.50. The summed E-state index contributed by atoms with van der Waals surface area (Å²) in [6.45, 7) is 1.78. The molecule has 1 aromatic rings. The van der Waals surface area contributed by atoms with Crippen molar-refractivity contribution in [3.8, 4) is 0 Å². The molecular formula is C21H34N6O3S. The quantitative estimate of drug-likeness (QED) is 0.213. The Morgan fingerprint density at radius 1 is 1.26 bits per heavy atom. The lowest BCUT2D eigenvalue weighted by atomic mass is 10.2. The number of carbonyl (C=O) groups excluding carboxylic acids is 3. The molecule has 1 atom stereocenters. The number of carbonyl (C=O) groups is 3. The number of hydrogen-bond acceptors (Lipinski definition) is 6. The monoisotopic (exact) mass is 450 g/mol.